The van der Waals surface area contributed by atoms with Gasteiger partial charge < -0.3 is 14.7 Å². The van der Waals surface area contributed by atoms with Crippen LogP contribution in [0.3, 0.4) is 0 Å². The molecule has 1 heterocycles. The Kier molecular flexibility index (Phi) is 5.53. The predicted molar refractivity (Wildman–Crippen MR) is 98.7 cm³/mol. The summed E-state index contributed by atoms with van der Waals surface area (Å²) < 4.78 is 5.63. The quantitative estimate of drug-likeness (QED) is 0.827. The standard InChI is InChI=1S/C20H22N2O4/c1-21(13-14-26-18-10-6-5-9-16(18)20(24)25)17-11-12-22(19(17)23)15-7-3-2-4-8-15/h2-10,17H,11-14H2,1H3,(H,24,25). The number of aromatic carboxylic acids is 1. The van der Waals surface area contributed by atoms with Gasteiger partial charge >= 0.3 is 5.97 Å². The van der Waals surface area contributed by atoms with E-state index >= 15 is 0 Å². The Morgan fingerprint density at radius 1 is 1.19 bits per heavy atom. The molecule has 1 N–H and O–H groups in total. The molecular weight excluding hydrogens is 332 g/mol. The summed E-state index contributed by atoms with van der Waals surface area (Å²) in [5, 5.41) is 9.18. The van der Waals surface area contributed by atoms with Gasteiger partial charge in [-0.3, -0.25) is 9.69 Å². The first-order valence-corrected chi connectivity index (χ1v) is 8.59. The highest BCUT2D eigenvalue weighted by Crippen LogP contribution is 2.23. The number of anilines is 1. The van der Waals surface area contributed by atoms with E-state index in [4.69, 9.17) is 4.74 Å². The zero-order chi connectivity index (χ0) is 18.5. The second kappa shape index (κ2) is 8.01. The first-order chi connectivity index (χ1) is 12.6. The van der Waals surface area contributed by atoms with Crippen LogP contribution in [0.25, 0.3) is 0 Å². The van der Waals surface area contributed by atoms with E-state index in [0.29, 0.717) is 25.4 Å². The van der Waals surface area contributed by atoms with E-state index in [1.165, 1.54) is 6.07 Å². The molecule has 1 aliphatic rings. The maximum absolute atomic E-state index is 12.7. The fourth-order valence-electron chi connectivity index (χ4n) is 3.16. The first kappa shape index (κ1) is 17.9. The van der Waals surface area contributed by atoms with Crippen molar-refractivity contribution in [2.45, 2.75) is 12.5 Å². The van der Waals surface area contributed by atoms with Gasteiger partial charge in [0, 0.05) is 18.8 Å². The SMILES string of the molecule is CN(CCOc1ccccc1C(=O)O)C1CCN(c2ccccc2)C1=O. The molecule has 0 saturated carbocycles. The predicted octanol–water partition coefficient (Wildman–Crippen LogP) is 2.50. The van der Waals surface area contributed by atoms with E-state index in [2.05, 4.69) is 0 Å². The number of rotatable bonds is 7. The van der Waals surface area contributed by atoms with E-state index in [1.807, 2.05) is 47.2 Å². The van der Waals surface area contributed by atoms with Crippen molar-refractivity contribution in [2.75, 3.05) is 31.6 Å². The van der Waals surface area contributed by atoms with E-state index in [0.717, 1.165) is 12.1 Å². The molecule has 26 heavy (non-hydrogen) atoms. The summed E-state index contributed by atoms with van der Waals surface area (Å²) in [6.45, 7) is 1.55. The number of amides is 1. The lowest BCUT2D eigenvalue weighted by atomic mass is 10.2. The summed E-state index contributed by atoms with van der Waals surface area (Å²) in [7, 11) is 1.89. The van der Waals surface area contributed by atoms with Crippen molar-refractivity contribution in [3.63, 3.8) is 0 Å². The lowest BCUT2D eigenvalue weighted by Crippen LogP contribution is -2.41. The highest BCUT2D eigenvalue weighted by Gasteiger charge is 2.34. The number of hydrogen-bond acceptors (Lipinski definition) is 4. The normalized spacial score (nSPS) is 16.9. The Morgan fingerprint density at radius 3 is 2.62 bits per heavy atom. The second-order valence-corrected chi connectivity index (χ2v) is 6.26. The average Bonchev–Trinajstić information content (AvgIpc) is 3.04. The zero-order valence-corrected chi connectivity index (χ0v) is 14.7. The third kappa shape index (κ3) is 3.86. The van der Waals surface area contributed by atoms with Crippen LogP contribution in [0.4, 0.5) is 5.69 Å². The summed E-state index contributed by atoms with van der Waals surface area (Å²) in [5.74, 6) is -0.583. The van der Waals surface area contributed by atoms with Gasteiger partial charge in [-0.1, -0.05) is 30.3 Å². The number of carbonyl (C=O) groups is 2. The fourth-order valence-corrected chi connectivity index (χ4v) is 3.16. The number of hydrogen-bond donors (Lipinski definition) is 1. The highest BCUT2D eigenvalue weighted by atomic mass is 16.5. The summed E-state index contributed by atoms with van der Waals surface area (Å²) in [6.07, 6.45) is 0.760. The molecule has 136 valence electrons. The molecular formula is C20H22N2O4. The van der Waals surface area contributed by atoms with Crippen LogP contribution in [0, 0.1) is 0 Å². The summed E-state index contributed by atoms with van der Waals surface area (Å²) >= 11 is 0. The Morgan fingerprint density at radius 2 is 1.88 bits per heavy atom. The van der Waals surface area contributed by atoms with Crippen LogP contribution in [0.5, 0.6) is 5.75 Å². The van der Waals surface area contributed by atoms with Crippen molar-refractivity contribution < 1.29 is 19.4 Å². The Labute approximate surface area is 152 Å². The average molecular weight is 354 g/mol. The van der Waals surface area contributed by atoms with Gasteiger partial charge in [-0.05, 0) is 37.7 Å². The molecule has 1 unspecified atom stereocenters. The van der Waals surface area contributed by atoms with Gasteiger partial charge in [-0.2, -0.15) is 0 Å². The molecule has 1 saturated heterocycles. The molecule has 2 aromatic carbocycles. The van der Waals surface area contributed by atoms with Gasteiger partial charge in [-0.25, -0.2) is 4.79 Å². The zero-order valence-electron chi connectivity index (χ0n) is 14.7. The second-order valence-electron chi connectivity index (χ2n) is 6.26. The maximum atomic E-state index is 12.7. The smallest absolute Gasteiger partial charge is 0.339 e. The summed E-state index contributed by atoms with van der Waals surface area (Å²) in [6, 6.07) is 16.0. The molecule has 1 fully saturated rings. The molecule has 1 atom stereocenters. The van der Waals surface area contributed by atoms with Crippen molar-refractivity contribution in [3.05, 3.63) is 60.2 Å². The summed E-state index contributed by atoms with van der Waals surface area (Å²) in [4.78, 5) is 27.7. The van der Waals surface area contributed by atoms with Crippen molar-refractivity contribution in [2.24, 2.45) is 0 Å². The maximum Gasteiger partial charge on any atom is 0.339 e. The van der Waals surface area contributed by atoms with Crippen LogP contribution in [-0.2, 0) is 4.79 Å². The fraction of sp³-hybridized carbons (Fsp3) is 0.300. The van der Waals surface area contributed by atoms with Gasteiger partial charge in [0.1, 0.15) is 17.9 Å². The van der Waals surface area contributed by atoms with Crippen molar-refractivity contribution in [1.82, 2.24) is 4.90 Å². The highest BCUT2D eigenvalue weighted by molar-refractivity contribution is 5.99. The van der Waals surface area contributed by atoms with E-state index in [9.17, 15) is 14.7 Å². The van der Waals surface area contributed by atoms with Crippen LogP contribution < -0.4 is 9.64 Å². The molecule has 1 aliphatic heterocycles. The van der Waals surface area contributed by atoms with Crippen molar-refractivity contribution in [3.8, 4) is 5.75 Å². The number of likely N-dealkylation sites (N-methyl/N-ethyl adjacent to an activating group) is 1. The van der Waals surface area contributed by atoms with Gasteiger partial charge in [0.25, 0.3) is 0 Å². The largest absolute Gasteiger partial charge is 0.491 e. The number of carboxylic acids is 1. The first-order valence-electron chi connectivity index (χ1n) is 8.59. The number of para-hydroxylation sites is 2. The molecule has 6 nitrogen and oxygen atoms in total. The topological polar surface area (TPSA) is 70.1 Å². The number of ether oxygens (including phenoxy) is 1. The number of carboxylic acid groups (broad SMARTS) is 1. The van der Waals surface area contributed by atoms with Gasteiger partial charge in [0.05, 0.1) is 6.04 Å². The monoisotopic (exact) mass is 354 g/mol. The van der Waals surface area contributed by atoms with Crippen molar-refractivity contribution in [1.29, 1.82) is 0 Å². The van der Waals surface area contributed by atoms with Crippen LogP contribution in [0.1, 0.15) is 16.8 Å². The minimum Gasteiger partial charge on any atom is -0.491 e. The third-order valence-corrected chi connectivity index (χ3v) is 4.60. The molecule has 0 radical (unpaired) electrons. The van der Waals surface area contributed by atoms with Crippen LogP contribution in [0.2, 0.25) is 0 Å². The van der Waals surface area contributed by atoms with Gasteiger partial charge in [-0.15, -0.1) is 0 Å². The van der Waals surface area contributed by atoms with E-state index in [-0.39, 0.29) is 17.5 Å². The molecule has 1 amide bonds. The van der Waals surface area contributed by atoms with Crippen LogP contribution in [0.15, 0.2) is 54.6 Å². The molecule has 2 aromatic rings. The van der Waals surface area contributed by atoms with Crippen LogP contribution in [-0.4, -0.2) is 54.7 Å². The Bertz CT molecular complexity index is 778. The molecule has 0 aliphatic carbocycles. The molecule has 0 aromatic heterocycles. The van der Waals surface area contributed by atoms with Gasteiger partial charge in [0.15, 0.2) is 0 Å². The lowest BCUT2D eigenvalue weighted by Gasteiger charge is -2.24. The number of carbonyl (C=O) groups excluding carboxylic acids is 1. The van der Waals surface area contributed by atoms with E-state index in [1.54, 1.807) is 18.2 Å². The lowest BCUT2D eigenvalue weighted by molar-refractivity contribution is -0.121. The molecule has 0 bridgehead atoms. The molecule has 6 heteroatoms. The minimum atomic E-state index is -1.02. The van der Waals surface area contributed by atoms with Crippen LogP contribution >= 0.6 is 0 Å². The third-order valence-electron chi connectivity index (χ3n) is 4.60. The number of benzene rings is 2. The minimum absolute atomic E-state index is 0.0876. The van der Waals surface area contributed by atoms with E-state index < -0.39 is 5.97 Å². The Hall–Kier alpha value is -2.86. The molecule has 0 spiro atoms. The molecule has 3 rings (SSSR count). The van der Waals surface area contributed by atoms with Gasteiger partial charge in [0.2, 0.25) is 5.91 Å². The Balaban J connectivity index is 1.55. The van der Waals surface area contributed by atoms with Crippen molar-refractivity contribution >= 4 is 17.6 Å². The summed E-state index contributed by atoms with van der Waals surface area (Å²) in [5.41, 5.74) is 1.06. The number of nitrogens with zero attached hydrogens (tertiary/aromatic N) is 2.